The molecule has 0 aromatic heterocycles. The molecule has 0 unspecified atom stereocenters. The van der Waals surface area contributed by atoms with Gasteiger partial charge in [0.15, 0.2) is 0 Å². The number of nitrogens with one attached hydrogen (secondary N) is 1. The number of rotatable bonds is 5. The summed E-state index contributed by atoms with van der Waals surface area (Å²) in [5.41, 5.74) is 6.71. The Labute approximate surface area is 132 Å². The van der Waals surface area contributed by atoms with E-state index in [-0.39, 0.29) is 18.9 Å². The van der Waals surface area contributed by atoms with Crippen molar-refractivity contribution in [3.63, 3.8) is 0 Å². The maximum Gasteiger partial charge on any atom is 0.227 e. The normalized spacial score (nSPS) is 10.2. The average Bonchev–Trinajstić information content (AvgIpc) is 2.43. The fraction of sp³-hybridized carbons (Fsp3) is 0.133. The van der Waals surface area contributed by atoms with Crippen LogP contribution in [0.1, 0.15) is 6.42 Å². The van der Waals surface area contributed by atoms with Crippen molar-refractivity contribution in [1.82, 2.24) is 0 Å². The minimum absolute atomic E-state index is 0.193. The van der Waals surface area contributed by atoms with Crippen LogP contribution in [0.5, 0.6) is 5.75 Å². The van der Waals surface area contributed by atoms with Crippen LogP contribution in [0.15, 0.2) is 42.5 Å². The molecule has 21 heavy (non-hydrogen) atoms. The van der Waals surface area contributed by atoms with Crippen molar-refractivity contribution in [1.29, 1.82) is 0 Å². The molecule has 0 spiro atoms. The summed E-state index contributed by atoms with van der Waals surface area (Å²) in [5, 5.41) is 3.79. The van der Waals surface area contributed by atoms with E-state index in [0.29, 0.717) is 27.2 Å². The highest BCUT2D eigenvalue weighted by molar-refractivity contribution is 6.31. The molecule has 0 saturated heterocycles. The molecular formula is C15H14Cl2N2O2. The highest BCUT2D eigenvalue weighted by Crippen LogP contribution is 2.23. The third-order valence-corrected chi connectivity index (χ3v) is 3.15. The maximum atomic E-state index is 11.8. The van der Waals surface area contributed by atoms with Crippen molar-refractivity contribution in [3.8, 4) is 5.75 Å². The van der Waals surface area contributed by atoms with E-state index in [0.717, 1.165) is 0 Å². The van der Waals surface area contributed by atoms with Gasteiger partial charge in [0.1, 0.15) is 5.75 Å². The number of ether oxygens (including phenoxy) is 1. The molecule has 0 aliphatic rings. The number of amides is 1. The lowest BCUT2D eigenvalue weighted by Gasteiger charge is -2.09. The molecule has 3 N–H and O–H groups in total. The summed E-state index contributed by atoms with van der Waals surface area (Å²) < 4.78 is 5.45. The SMILES string of the molecule is Nc1ccc(Cl)cc1NC(=O)CCOc1cccc(Cl)c1. The van der Waals surface area contributed by atoms with E-state index >= 15 is 0 Å². The Morgan fingerprint density at radius 1 is 1.14 bits per heavy atom. The highest BCUT2D eigenvalue weighted by atomic mass is 35.5. The molecular weight excluding hydrogens is 311 g/mol. The molecule has 0 bridgehead atoms. The first kappa shape index (κ1) is 15.5. The number of anilines is 2. The standard InChI is InChI=1S/C15H14Cl2N2O2/c16-10-2-1-3-12(8-10)21-7-6-15(20)19-14-9-11(17)4-5-13(14)18/h1-5,8-9H,6-7,18H2,(H,19,20). The first-order valence-electron chi connectivity index (χ1n) is 6.28. The van der Waals surface area contributed by atoms with Gasteiger partial charge in [-0.15, -0.1) is 0 Å². The largest absolute Gasteiger partial charge is 0.493 e. The third kappa shape index (κ3) is 4.85. The van der Waals surface area contributed by atoms with Crippen LogP contribution in [-0.4, -0.2) is 12.5 Å². The summed E-state index contributed by atoms with van der Waals surface area (Å²) in [6, 6.07) is 11.9. The average molecular weight is 325 g/mol. The Morgan fingerprint density at radius 3 is 2.67 bits per heavy atom. The molecule has 0 heterocycles. The Balaban J connectivity index is 1.84. The lowest BCUT2D eigenvalue weighted by Crippen LogP contribution is -2.16. The van der Waals surface area contributed by atoms with Crippen molar-refractivity contribution in [3.05, 3.63) is 52.5 Å². The van der Waals surface area contributed by atoms with E-state index in [4.69, 9.17) is 33.7 Å². The number of carbonyl (C=O) groups excluding carboxylic acids is 1. The van der Waals surface area contributed by atoms with Gasteiger partial charge < -0.3 is 15.8 Å². The predicted octanol–water partition coefficient (Wildman–Crippen LogP) is 3.98. The van der Waals surface area contributed by atoms with Gasteiger partial charge in [-0.25, -0.2) is 0 Å². The van der Waals surface area contributed by atoms with Crippen LogP contribution in [0.3, 0.4) is 0 Å². The molecule has 0 fully saturated rings. The van der Waals surface area contributed by atoms with E-state index in [1.54, 1.807) is 42.5 Å². The van der Waals surface area contributed by atoms with E-state index in [9.17, 15) is 4.79 Å². The monoisotopic (exact) mass is 324 g/mol. The van der Waals surface area contributed by atoms with Crippen molar-refractivity contribution in [2.24, 2.45) is 0 Å². The Kier molecular flexibility index (Phi) is 5.31. The number of nitrogens with two attached hydrogens (primary N) is 1. The second-order valence-electron chi connectivity index (χ2n) is 4.34. The van der Waals surface area contributed by atoms with Crippen LogP contribution < -0.4 is 15.8 Å². The molecule has 6 heteroatoms. The van der Waals surface area contributed by atoms with Crippen molar-refractivity contribution in [2.75, 3.05) is 17.7 Å². The minimum atomic E-state index is -0.203. The highest BCUT2D eigenvalue weighted by Gasteiger charge is 2.06. The number of carbonyl (C=O) groups is 1. The second-order valence-corrected chi connectivity index (χ2v) is 5.21. The predicted molar refractivity (Wildman–Crippen MR) is 86.1 cm³/mol. The molecule has 2 aromatic carbocycles. The summed E-state index contributed by atoms with van der Waals surface area (Å²) in [5.74, 6) is 0.420. The minimum Gasteiger partial charge on any atom is -0.493 e. The maximum absolute atomic E-state index is 11.8. The molecule has 0 saturated carbocycles. The number of hydrogen-bond donors (Lipinski definition) is 2. The number of hydrogen-bond acceptors (Lipinski definition) is 3. The summed E-state index contributed by atoms with van der Waals surface area (Å²) in [6.45, 7) is 0.243. The second kappa shape index (κ2) is 7.20. The van der Waals surface area contributed by atoms with Gasteiger partial charge in [0.2, 0.25) is 5.91 Å². The molecule has 0 aliphatic heterocycles. The first-order chi connectivity index (χ1) is 10.0. The van der Waals surface area contributed by atoms with E-state index in [1.807, 2.05) is 0 Å². The zero-order valence-corrected chi connectivity index (χ0v) is 12.6. The van der Waals surface area contributed by atoms with Gasteiger partial charge in [-0.3, -0.25) is 4.79 Å². The molecule has 110 valence electrons. The molecule has 0 radical (unpaired) electrons. The molecule has 1 amide bonds. The number of halogens is 2. The van der Waals surface area contributed by atoms with Gasteiger partial charge in [-0.05, 0) is 36.4 Å². The van der Waals surface area contributed by atoms with E-state index in [2.05, 4.69) is 5.32 Å². The zero-order chi connectivity index (χ0) is 15.2. The summed E-state index contributed by atoms with van der Waals surface area (Å²) in [6.07, 6.45) is 0.193. The van der Waals surface area contributed by atoms with Crippen molar-refractivity contribution < 1.29 is 9.53 Å². The van der Waals surface area contributed by atoms with Crippen molar-refractivity contribution >= 4 is 40.5 Å². The van der Waals surface area contributed by atoms with Gasteiger partial charge in [0.05, 0.1) is 24.4 Å². The summed E-state index contributed by atoms with van der Waals surface area (Å²) in [4.78, 5) is 11.8. The van der Waals surface area contributed by atoms with Gasteiger partial charge >= 0.3 is 0 Å². The van der Waals surface area contributed by atoms with Crippen LogP contribution in [-0.2, 0) is 4.79 Å². The fourth-order valence-corrected chi connectivity index (χ4v) is 2.02. The van der Waals surface area contributed by atoms with Crippen LogP contribution in [0.4, 0.5) is 11.4 Å². The van der Waals surface area contributed by atoms with E-state index in [1.165, 1.54) is 0 Å². The van der Waals surface area contributed by atoms with Crippen LogP contribution >= 0.6 is 23.2 Å². The smallest absolute Gasteiger partial charge is 0.227 e. The quantitative estimate of drug-likeness (QED) is 0.817. The first-order valence-corrected chi connectivity index (χ1v) is 7.03. The molecule has 4 nitrogen and oxygen atoms in total. The lowest BCUT2D eigenvalue weighted by molar-refractivity contribution is -0.116. The zero-order valence-electron chi connectivity index (χ0n) is 11.1. The summed E-state index contributed by atoms with van der Waals surface area (Å²) >= 11 is 11.7. The van der Waals surface area contributed by atoms with Crippen LogP contribution in [0.2, 0.25) is 10.0 Å². The third-order valence-electron chi connectivity index (χ3n) is 2.68. The molecule has 0 atom stereocenters. The van der Waals surface area contributed by atoms with Gasteiger partial charge in [-0.1, -0.05) is 29.3 Å². The Morgan fingerprint density at radius 2 is 1.90 bits per heavy atom. The van der Waals surface area contributed by atoms with Gasteiger partial charge in [0.25, 0.3) is 0 Å². The summed E-state index contributed by atoms with van der Waals surface area (Å²) in [7, 11) is 0. The Hall–Kier alpha value is -1.91. The fourth-order valence-electron chi connectivity index (χ4n) is 1.67. The van der Waals surface area contributed by atoms with Gasteiger partial charge in [-0.2, -0.15) is 0 Å². The number of nitrogen functional groups attached to an aromatic ring is 1. The Bertz CT molecular complexity index is 647. The topological polar surface area (TPSA) is 64.3 Å². The van der Waals surface area contributed by atoms with Crippen LogP contribution in [0, 0.1) is 0 Å². The molecule has 2 rings (SSSR count). The van der Waals surface area contributed by atoms with E-state index < -0.39 is 0 Å². The van der Waals surface area contributed by atoms with Crippen LogP contribution in [0.25, 0.3) is 0 Å². The molecule has 2 aromatic rings. The van der Waals surface area contributed by atoms with Crippen molar-refractivity contribution in [2.45, 2.75) is 6.42 Å². The lowest BCUT2D eigenvalue weighted by atomic mass is 10.2. The number of benzene rings is 2. The molecule has 0 aliphatic carbocycles. The van der Waals surface area contributed by atoms with Gasteiger partial charge in [0, 0.05) is 10.0 Å².